The molecule has 8 aromatic rings. The summed E-state index contributed by atoms with van der Waals surface area (Å²) in [5.74, 6) is 0.919. The van der Waals surface area contributed by atoms with Crippen molar-refractivity contribution in [3.05, 3.63) is 146 Å². The average molecular weight is 549 g/mol. The number of imidazole rings is 1. The minimum Gasteiger partial charge on any atom is -0.291 e. The molecule has 0 bridgehead atoms. The third-order valence-corrected chi connectivity index (χ3v) is 8.36. The fraction of sp³-hybridized carbons (Fsp3) is 0. The molecule has 0 fully saturated rings. The van der Waals surface area contributed by atoms with Crippen molar-refractivity contribution in [3.8, 4) is 61.8 Å². The second-order valence-electron chi connectivity index (χ2n) is 10.9. The summed E-state index contributed by atoms with van der Waals surface area (Å²) in [6, 6.07) is 50.7. The lowest BCUT2D eigenvalue weighted by atomic mass is 9.94. The summed E-state index contributed by atoms with van der Waals surface area (Å²) in [5, 5.41) is 0. The number of rotatable bonds is 3. The van der Waals surface area contributed by atoms with Crippen molar-refractivity contribution in [2.45, 2.75) is 0 Å². The van der Waals surface area contributed by atoms with Crippen molar-refractivity contribution < 1.29 is 0 Å². The molecule has 0 radical (unpaired) electrons. The topological polar surface area (TPSA) is 43.6 Å². The zero-order valence-electron chi connectivity index (χ0n) is 23.1. The summed E-state index contributed by atoms with van der Waals surface area (Å²) in [5.41, 5.74) is 14.7. The van der Waals surface area contributed by atoms with Crippen LogP contribution in [0.5, 0.6) is 0 Å². The molecule has 9 rings (SSSR count). The highest BCUT2D eigenvalue weighted by molar-refractivity contribution is 6.03. The molecular formula is C39H24N4. The average Bonchev–Trinajstić information content (AvgIpc) is 3.42. The Balaban J connectivity index is 1.25. The van der Waals surface area contributed by atoms with Gasteiger partial charge in [0.1, 0.15) is 5.82 Å². The van der Waals surface area contributed by atoms with E-state index in [4.69, 9.17) is 15.0 Å². The Morgan fingerprint density at radius 1 is 0.349 bits per heavy atom. The van der Waals surface area contributed by atoms with E-state index in [9.17, 15) is 0 Å². The number of fused-ring (bicyclic) bond motifs is 6. The van der Waals surface area contributed by atoms with Crippen LogP contribution >= 0.6 is 0 Å². The molecule has 43 heavy (non-hydrogen) atoms. The first-order valence-corrected chi connectivity index (χ1v) is 14.5. The lowest BCUT2D eigenvalue weighted by Gasteiger charge is -2.14. The summed E-state index contributed by atoms with van der Waals surface area (Å²) in [4.78, 5) is 15.4. The van der Waals surface area contributed by atoms with Gasteiger partial charge in [-0.05, 0) is 35.4 Å². The van der Waals surface area contributed by atoms with Crippen LogP contribution in [0.15, 0.2) is 146 Å². The molecule has 0 amide bonds. The van der Waals surface area contributed by atoms with Crippen molar-refractivity contribution in [2.24, 2.45) is 0 Å². The number of benzene rings is 6. The molecule has 1 aliphatic rings. The van der Waals surface area contributed by atoms with Gasteiger partial charge < -0.3 is 0 Å². The molecule has 1 aliphatic heterocycles. The van der Waals surface area contributed by atoms with Gasteiger partial charge in [-0.3, -0.25) is 4.57 Å². The Kier molecular flexibility index (Phi) is 5.16. The molecule has 3 heterocycles. The number of nitrogens with zero attached hydrogens (tertiary/aromatic N) is 4. The van der Waals surface area contributed by atoms with Crippen molar-refractivity contribution in [1.29, 1.82) is 0 Å². The minimum absolute atomic E-state index is 0.867. The van der Waals surface area contributed by atoms with Crippen molar-refractivity contribution in [1.82, 2.24) is 19.5 Å². The van der Waals surface area contributed by atoms with Gasteiger partial charge in [-0.1, -0.05) is 121 Å². The van der Waals surface area contributed by atoms with E-state index in [-0.39, 0.29) is 0 Å². The summed E-state index contributed by atoms with van der Waals surface area (Å²) >= 11 is 0. The molecule has 6 aromatic carbocycles. The van der Waals surface area contributed by atoms with Crippen LogP contribution in [0.1, 0.15) is 0 Å². The molecule has 200 valence electrons. The monoisotopic (exact) mass is 548 g/mol. The molecule has 0 atom stereocenters. The van der Waals surface area contributed by atoms with E-state index in [0.29, 0.717) is 0 Å². The maximum absolute atomic E-state index is 5.21. The molecule has 0 N–H and O–H groups in total. The Morgan fingerprint density at radius 3 is 1.58 bits per heavy atom. The van der Waals surface area contributed by atoms with Gasteiger partial charge in [0.2, 0.25) is 0 Å². The van der Waals surface area contributed by atoms with Gasteiger partial charge in [0.05, 0.1) is 39.1 Å². The van der Waals surface area contributed by atoms with E-state index < -0.39 is 0 Å². The van der Waals surface area contributed by atoms with Crippen LogP contribution in [0.3, 0.4) is 0 Å². The number of hydrogen-bond acceptors (Lipinski definition) is 3. The minimum atomic E-state index is 0.867. The van der Waals surface area contributed by atoms with Gasteiger partial charge in [-0.2, -0.15) is 0 Å². The Labute approximate surface area is 248 Å². The smallest absolute Gasteiger partial charge is 0.145 e. The van der Waals surface area contributed by atoms with Crippen LogP contribution in [0.4, 0.5) is 0 Å². The molecule has 0 spiro atoms. The van der Waals surface area contributed by atoms with Crippen LogP contribution in [-0.2, 0) is 0 Å². The Morgan fingerprint density at radius 2 is 0.860 bits per heavy atom. The fourth-order valence-corrected chi connectivity index (χ4v) is 6.40. The summed E-state index contributed by atoms with van der Waals surface area (Å²) in [6.45, 7) is 0. The van der Waals surface area contributed by atoms with Gasteiger partial charge in [0.15, 0.2) is 0 Å². The quantitative estimate of drug-likeness (QED) is 0.221. The maximum Gasteiger partial charge on any atom is 0.145 e. The second kappa shape index (κ2) is 9.33. The molecular weight excluding hydrogens is 524 g/mol. The first kappa shape index (κ1) is 23.8. The zero-order chi connectivity index (χ0) is 28.3. The Hall–Kier alpha value is -5.87. The number of aromatic nitrogens is 4. The highest BCUT2D eigenvalue weighted by atomic mass is 15.1. The van der Waals surface area contributed by atoms with Gasteiger partial charge in [0, 0.05) is 27.8 Å². The predicted molar refractivity (Wildman–Crippen MR) is 175 cm³/mol. The van der Waals surface area contributed by atoms with Gasteiger partial charge >= 0.3 is 0 Å². The zero-order valence-corrected chi connectivity index (χ0v) is 23.1. The lowest BCUT2D eigenvalue weighted by Crippen LogP contribution is -1.99. The van der Waals surface area contributed by atoms with E-state index in [0.717, 1.165) is 61.7 Å². The summed E-state index contributed by atoms with van der Waals surface area (Å²) in [6.07, 6.45) is 0. The number of hydrogen-bond donors (Lipinski definition) is 0. The van der Waals surface area contributed by atoms with E-state index in [1.807, 2.05) is 42.5 Å². The third-order valence-electron chi connectivity index (χ3n) is 8.36. The second-order valence-corrected chi connectivity index (χ2v) is 10.9. The standard InChI is InChI=1S/C39H24N4/c1-2-11-25(12-3-1)36-37(41-33-18-8-7-17-32(33)40-36)26-21-23-27(24-22-26)39-42-34-19-10-16-31-29-14-5-4-13-28(29)30-15-6-9-20-35(30)43(39)38(31)34/h1-24H. The van der Waals surface area contributed by atoms with Crippen molar-refractivity contribution in [3.63, 3.8) is 0 Å². The SMILES string of the molecule is c1ccc(-c2nc3ccccc3nc2-c2ccc(-c3nc4cccc5c4n3-c3ccccc3-c3ccccc3-5)cc2)cc1. The Bertz CT molecular complexity index is 2330. The first-order valence-electron chi connectivity index (χ1n) is 14.5. The van der Waals surface area contributed by atoms with Crippen LogP contribution in [0.25, 0.3) is 83.9 Å². The molecule has 4 nitrogen and oxygen atoms in total. The van der Waals surface area contributed by atoms with Gasteiger partial charge in [-0.15, -0.1) is 0 Å². The maximum atomic E-state index is 5.21. The van der Waals surface area contributed by atoms with E-state index in [2.05, 4.69) is 108 Å². The van der Waals surface area contributed by atoms with Crippen LogP contribution in [-0.4, -0.2) is 19.5 Å². The highest BCUT2D eigenvalue weighted by Crippen LogP contribution is 2.45. The van der Waals surface area contributed by atoms with Crippen LogP contribution < -0.4 is 0 Å². The largest absolute Gasteiger partial charge is 0.291 e. The first-order chi connectivity index (χ1) is 21.3. The summed E-state index contributed by atoms with van der Waals surface area (Å²) < 4.78 is 2.33. The molecule has 0 saturated carbocycles. The predicted octanol–water partition coefficient (Wildman–Crippen LogP) is 9.62. The normalized spacial score (nSPS) is 11.7. The van der Waals surface area contributed by atoms with Crippen LogP contribution in [0.2, 0.25) is 0 Å². The molecule has 0 aliphatic carbocycles. The highest BCUT2D eigenvalue weighted by Gasteiger charge is 2.25. The van der Waals surface area contributed by atoms with Crippen molar-refractivity contribution in [2.75, 3.05) is 0 Å². The molecule has 0 unspecified atom stereocenters. The fourth-order valence-electron chi connectivity index (χ4n) is 6.40. The third kappa shape index (κ3) is 3.67. The summed E-state index contributed by atoms with van der Waals surface area (Å²) in [7, 11) is 0. The van der Waals surface area contributed by atoms with E-state index >= 15 is 0 Å². The van der Waals surface area contributed by atoms with Gasteiger partial charge in [0.25, 0.3) is 0 Å². The number of para-hydroxylation sites is 4. The van der Waals surface area contributed by atoms with E-state index in [1.54, 1.807) is 0 Å². The molecule has 4 heteroatoms. The van der Waals surface area contributed by atoms with E-state index in [1.165, 1.54) is 22.3 Å². The molecule has 0 saturated heterocycles. The molecule has 2 aromatic heterocycles. The van der Waals surface area contributed by atoms with Crippen LogP contribution in [0, 0.1) is 0 Å². The van der Waals surface area contributed by atoms with Gasteiger partial charge in [-0.25, -0.2) is 15.0 Å². The lowest BCUT2D eigenvalue weighted by molar-refractivity contribution is 1.11. The van der Waals surface area contributed by atoms with Crippen molar-refractivity contribution >= 4 is 22.1 Å².